The fourth-order valence-corrected chi connectivity index (χ4v) is 3.07. The highest BCUT2D eigenvalue weighted by Gasteiger charge is 2.28. The molecule has 8 nitrogen and oxygen atoms in total. The van der Waals surface area contributed by atoms with E-state index in [1.54, 1.807) is 17.6 Å². The predicted molar refractivity (Wildman–Crippen MR) is 91.5 cm³/mol. The molecule has 0 bridgehead atoms. The number of thiazole rings is 1. The number of carbonyl (C=O) groups excluding carboxylic acids is 2. The molecule has 3 heterocycles. The molecule has 1 fully saturated rings. The Kier molecular flexibility index (Phi) is 5.94. The van der Waals surface area contributed by atoms with Gasteiger partial charge in [-0.05, 0) is 12.5 Å². The summed E-state index contributed by atoms with van der Waals surface area (Å²) in [4.78, 5) is 30.6. The molecule has 1 aliphatic heterocycles. The molecule has 4 N–H and O–H groups in total. The van der Waals surface area contributed by atoms with Crippen molar-refractivity contribution in [2.24, 2.45) is 0 Å². The van der Waals surface area contributed by atoms with E-state index in [0.717, 1.165) is 5.56 Å². The number of methoxy groups -OCH3 is 1. The minimum absolute atomic E-state index is 0. The maximum absolute atomic E-state index is 12.1. The molecule has 1 amide bonds. The molecule has 0 spiro atoms. The van der Waals surface area contributed by atoms with Gasteiger partial charge in [-0.2, -0.15) is 0 Å². The molecule has 3 rings (SSSR count). The van der Waals surface area contributed by atoms with Crippen LogP contribution in [-0.2, 0) is 9.53 Å². The number of amides is 1. The van der Waals surface area contributed by atoms with Gasteiger partial charge in [-0.15, -0.1) is 23.7 Å². The van der Waals surface area contributed by atoms with E-state index in [4.69, 9.17) is 0 Å². The topological polar surface area (TPSA) is 116 Å². The van der Waals surface area contributed by atoms with E-state index in [1.165, 1.54) is 18.4 Å². The number of halogens is 1. The Morgan fingerprint density at radius 1 is 1.50 bits per heavy atom. The van der Waals surface area contributed by atoms with Crippen molar-refractivity contribution in [3.8, 4) is 11.3 Å². The number of β-amino-alcohol motifs (C(OH)–C–C–N with tert-alkyl or cyclic N) is 1. The lowest BCUT2D eigenvalue weighted by atomic mass is 10.2. The SMILES string of the molecule is COC(=O)c1cc(-c2csc(NC(=O)C3CC(O)CN3)n2)c[nH]1.Cl. The van der Waals surface area contributed by atoms with Gasteiger partial charge in [0.15, 0.2) is 5.13 Å². The van der Waals surface area contributed by atoms with Crippen molar-refractivity contribution in [3.63, 3.8) is 0 Å². The van der Waals surface area contributed by atoms with E-state index < -0.39 is 18.1 Å². The smallest absolute Gasteiger partial charge is 0.354 e. The molecule has 2 aromatic heterocycles. The quantitative estimate of drug-likeness (QED) is 0.595. The van der Waals surface area contributed by atoms with E-state index in [9.17, 15) is 14.7 Å². The zero-order valence-electron chi connectivity index (χ0n) is 12.7. The van der Waals surface area contributed by atoms with E-state index in [1.807, 2.05) is 0 Å². The largest absolute Gasteiger partial charge is 0.464 e. The van der Waals surface area contributed by atoms with Crippen LogP contribution in [0.3, 0.4) is 0 Å². The minimum Gasteiger partial charge on any atom is -0.464 e. The molecule has 2 atom stereocenters. The molecular formula is C14H17ClN4O4S. The van der Waals surface area contributed by atoms with E-state index in [0.29, 0.717) is 29.5 Å². The standard InChI is InChI=1S/C14H16N4O4S.ClH/c1-22-13(21)10-2-7(4-15-10)11-6-23-14(17-11)18-12(20)9-3-8(19)5-16-9;/h2,4,6,8-9,15-16,19H,3,5H2,1H3,(H,17,18,20);1H. The van der Waals surface area contributed by atoms with E-state index in [2.05, 4.69) is 25.3 Å². The summed E-state index contributed by atoms with van der Waals surface area (Å²) >= 11 is 1.29. The third-order valence-electron chi connectivity index (χ3n) is 3.54. The van der Waals surface area contributed by atoms with Crippen LogP contribution in [0.15, 0.2) is 17.6 Å². The number of hydrogen-bond donors (Lipinski definition) is 4. The van der Waals surface area contributed by atoms with Crippen LogP contribution in [0, 0.1) is 0 Å². The van der Waals surface area contributed by atoms with Gasteiger partial charge in [-0.1, -0.05) is 0 Å². The zero-order valence-corrected chi connectivity index (χ0v) is 14.4. The lowest BCUT2D eigenvalue weighted by Gasteiger charge is -2.08. The van der Waals surface area contributed by atoms with Gasteiger partial charge >= 0.3 is 5.97 Å². The molecular weight excluding hydrogens is 356 g/mol. The number of nitrogens with one attached hydrogen (secondary N) is 3. The Labute approximate surface area is 148 Å². The fourth-order valence-electron chi connectivity index (χ4n) is 2.34. The molecule has 0 radical (unpaired) electrons. The van der Waals surface area contributed by atoms with Gasteiger partial charge in [0, 0.05) is 23.7 Å². The number of rotatable bonds is 4. The van der Waals surface area contributed by atoms with Crippen LogP contribution < -0.4 is 10.6 Å². The second-order valence-corrected chi connectivity index (χ2v) is 6.03. The second-order valence-electron chi connectivity index (χ2n) is 5.17. The summed E-state index contributed by atoms with van der Waals surface area (Å²) in [5.41, 5.74) is 1.72. The highest BCUT2D eigenvalue weighted by atomic mass is 35.5. The lowest BCUT2D eigenvalue weighted by Crippen LogP contribution is -2.35. The molecule has 0 aliphatic carbocycles. The predicted octanol–water partition coefficient (Wildman–Crippen LogP) is 1.01. The number of nitrogens with zero attached hydrogens (tertiary/aromatic N) is 1. The van der Waals surface area contributed by atoms with Gasteiger partial charge in [0.2, 0.25) is 5.91 Å². The van der Waals surface area contributed by atoms with Crippen molar-refractivity contribution in [3.05, 3.63) is 23.3 Å². The van der Waals surface area contributed by atoms with Crippen LogP contribution in [0.5, 0.6) is 0 Å². The summed E-state index contributed by atoms with van der Waals surface area (Å²) < 4.78 is 4.64. The Balaban J connectivity index is 0.00000208. The summed E-state index contributed by atoms with van der Waals surface area (Å²) in [6, 6.07) is 1.23. The first-order valence-corrected chi connectivity index (χ1v) is 7.89. The summed E-state index contributed by atoms with van der Waals surface area (Å²) in [7, 11) is 1.31. The van der Waals surface area contributed by atoms with Gasteiger partial charge in [0.25, 0.3) is 0 Å². The minimum atomic E-state index is -0.491. The number of carbonyl (C=O) groups is 2. The second kappa shape index (κ2) is 7.75. The Hall–Kier alpha value is -1.94. The maximum Gasteiger partial charge on any atom is 0.354 e. The van der Waals surface area contributed by atoms with E-state index in [-0.39, 0.29) is 18.3 Å². The van der Waals surface area contributed by atoms with Crippen LogP contribution >= 0.6 is 23.7 Å². The Morgan fingerprint density at radius 2 is 2.29 bits per heavy atom. The van der Waals surface area contributed by atoms with Gasteiger partial charge in [0.05, 0.1) is 24.9 Å². The molecule has 2 unspecified atom stereocenters. The van der Waals surface area contributed by atoms with Crippen molar-refractivity contribution in [2.45, 2.75) is 18.6 Å². The van der Waals surface area contributed by atoms with Gasteiger partial charge < -0.3 is 25.5 Å². The fraction of sp³-hybridized carbons (Fsp3) is 0.357. The normalized spacial score (nSPS) is 19.6. The number of aromatic nitrogens is 2. The number of ether oxygens (including phenoxy) is 1. The molecule has 0 saturated carbocycles. The molecule has 1 aliphatic rings. The van der Waals surface area contributed by atoms with Crippen LogP contribution in [0.4, 0.5) is 5.13 Å². The van der Waals surface area contributed by atoms with Crippen molar-refractivity contribution in [2.75, 3.05) is 19.0 Å². The highest BCUT2D eigenvalue weighted by molar-refractivity contribution is 7.14. The lowest BCUT2D eigenvalue weighted by molar-refractivity contribution is -0.117. The van der Waals surface area contributed by atoms with Gasteiger partial charge in [-0.3, -0.25) is 4.79 Å². The molecule has 2 aromatic rings. The number of aliphatic hydroxyl groups is 1. The molecule has 1 saturated heterocycles. The van der Waals surface area contributed by atoms with Crippen LogP contribution in [0.1, 0.15) is 16.9 Å². The first-order valence-electron chi connectivity index (χ1n) is 7.01. The summed E-state index contributed by atoms with van der Waals surface area (Å²) in [6.07, 6.45) is 1.56. The summed E-state index contributed by atoms with van der Waals surface area (Å²) in [6.45, 7) is 0.418. The number of anilines is 1. The Bertz CT molecular complexity index is 732. The number of H-pyrrole nitrogens is 1. The van der Waals surface area contributed by atoms with Crippen molar-refractivity contribution >= 4 is 40.8 Å². The molecule has 0 aromatic carbocycles. The summed E-state index contributed by atoms with van der Waals surface area (Å²) in [5, 5.41) is 17.4. The molecule has 10 heteroatoms. The maximum atomic E-state index is 12.1. The molecule has 24 heavy (non-hydrogen) atoms. The molecule has 130 valence electrons. The zero-order chi connectivity index (χ0) is 16.4. The van der Waals surface area contributed by atoms with Crippen LogP contribution in [0.25, 0.3) is 11.3 Å². The van der Waals surface area contributed by atoms with Gasteiger partial charge in [-0.25, -0.2) is 9.78 Å². The summed E-state index contributed by atoms with van der Waals surface area (Å²) in [5.74, 6) is -0.669. The van der Waals surface area contributed by atoms with Crippen molar-refractivity contribution < 1.29 is 19.4 Å². The van der Waals surface area contributed by atoms with E-state index >= 15 is 0 Å². The average molecular weight is 373 g/mol. The number of aromatic amines is 1. The monoisotopic (exact) mass is 372 g/mol. The Morgan fingerprint density at radius 3 is 2.96 bits per heavy atom. The first-order chi connectivity index (χ1) is 11.1. The average Bonchev–Trinajstić information content (AvgIpc) is 3.25. The van der Waals surface area contributed by atoms with Crippen molar-refractivity contribution in [1.29, 1.82) is 0 Å². The number of aliphatic hydroxyl groups excluding tert-OH is 1. The first kappa shape index (κ1) is 18.4. The van der Waals surface area contributed by atoms with Crippen molar-refractivity contribution in [1.82, 2.24) is 15.3 Å². The van der Waals surface area contributed by atoms with Crippen LogP contribution in [0.2, 0.25) is 0 Å². The third kappa shape index (κ3) is 3.93. The highest BCUT2D eigenvalue weighted by Crippen LogP contribution is 2.26. The number of hydrogen-bond acceptors (Lipinski definition) is 7. The van der Waals surface area contributed by atoms with Crippen LogP contribution in [-0.4, -0.2) is 52.8 Å². The third-order valence-corrected chi connectivity index (χ3v) is 4.30. The van der Waals surface area contributed by atoms with Gasteiger partial charge in [0.1, 0.15) is 5.69 Å². The number of esters is 1.